The van der Waals surface area contributed by atoms with E-state index in [1.807, 2.05) is 0 Å². The third kappa shape index (κ3) is 4.74. The second-order valence-corrected chi connectivity index (χ2v) is 5.96. The smallest absolute Gasteiger partial charge is 0.274 e. The lowest BCUT2D eigenvalue weighted by Gasteiger charge is -2.23. The van der Waals surface area contributed by atoms with Crippen LogP contribution in [0.4, 0.5) is 10.1 Å². The number of nitrogens with zero attached hydrogens (tertiary/aromatic N) is 1. The van der Waals surface area contributed by atoms with Crippen LogP contribution in [-0.2, 0) is 16.1 Å². The quantitative estimate of drug-likeness (QED) is 0.858. The van der Waals surface area contributed by atoms with Crippen molar-refractivity contribution in [2.75, 3.05) is 25.1 Å². The highest BCUT2D eigenvalue weighted by Crippen LogP contribution is 2.07. The maximum absolute atomic E-state index is 13.0. The van der Waals surface area contributed by atoms with E-state index in [1.54, 1.807) is 30.5 Å². The maximum atomic E-state index is 13.0. The Bertz CT molecular complexity index is 783. The van der Waals surface area contributed by atoms with Crippen LogP contribution in [-0.4, -0.2) is 36.3 Å². The van der Waals surface area contributed by atoms with Crippen molar-refractivity contribution in [2.24, 2.45) is 0 Å². The lowest BCUT2D eigenvalue weighted by molar-refractivity contribution is -0.117. The average Bonchev–Trinajstić information content (AvgIpc) is 2.61. The van der Waals surface area contributed by atoms with Crippen molar-refractivity contribution >= 4 is 11.6 Å². The van der Waals surface area contributed by atoms with Crippen LogP contribution < -0.4 is 16.2 Å². The van der Waals surface area contributed by atoms with E-state index in [2.05, 4.69) is 10.6 Å². The minimum Gasteiger partial charge on any atom is -0.378 e. The molecule has 0 aliphatic carbocycles. The van der Waals surface area contributed by atoms with E-state index in [9.17, 15) is 14.0 Å². The lowest BCUT2D eigenvalue weighted by atomic mass is 10.2. The molecule has 0 spiro atoms. The fourth-order valence-electron chi connectivity index (χ4n) is 2.72. The molecule has 1 unspecified atom stereocenters. The van der Waals surface area contributed by atoms with Gasteiger partial charge in [-0.05, 0) is 29.8 Å². The van der Waals surface area contributed by atoms with Gasteiger partial charge in [0.15, 0.2) is 0 Å². The zero-order valence-electron chi connectivity index (χ0n) is 13.7. The number of carbonyl (C=O) groups excluding carboxylic acids is 1. The molecule has 25 heavy (non-hydrogen) atoms. The predicted molar refractivity (Wildman–Crippen MR) is 92.1 cm³/mol. The molecule has 0 saturated carbocycles. The van der Waals surface area contributed by atoms with E-state index in [-0.39, 0.29) is 35.4 Å². The van der Waals surface area contributed by atoms with Crippen molar-refractivity contribution in [2.45, 2.75) is 19.0 Å². The van der Waals surface area contributed by atoms with Crippen molar-refractivity contribution in [3.63, 3.8) is 0 Å². The average molecular weight is 345 g/mol. The van der Waals surface area contributed by atoms with Gasteiger partial charge in [-0.3, -0.25) is 9.59 Å². The van der Waals surface area contributed by atoms with Gasteiger partial charge in [-0.1, -0.05) is 12.1 Å². The third-order valence-corrected chi connectivity index (χ3v) is 3.99. The first-order valence-electron chi connectivity index (χ1n) is 8.17. The summed E-state index contributed by atoms with van der Waals surface area (Å²) in [5.74, 6) is -0.558. The van der Waals surface area contributed by atoms with E-state index >= 15 is 0 Å². The molecular weight excluding hydrogens is 325 g/mol. The van der Waals surface area contributed by atoms with Gasteiger partial charge in [0.25, 0.3) is 5.56 Å². The van der Waals surface area contributed by atoms with E-state index in [0.29, 0.717) is 26.3 Å². The molecule has 2 N–H and O–H groups in total. The number of carbonyl (C=O) groups is 1. The molecule has 6 nitrogen and oxygen atoms in total. The largest absolute Gasteiger partial charge is 0.378 e. The van der Waals surface area contributed by atoms with Crippen molar-refractivity contribution in [1.29, 1.82) is 0 Å². The van der Waals surface area contributed by atoms with Crippen LogP contribution in [0.1, 0.15) is 12.0 Å². The van der Waals surface area contributed by atoms with Gasteiger partial charge in [-0.15, -0.1) is 0 Å². The molecule has 1 saturated heterocycles. The van der Waals surface area contributed by atoms with Gasteiger partial charge in [0.1, 0.15) is 11.5 Å². The highest BCUT2D eigenvalue weighted by molar-refractivity contribution is 5.90. The first kappa shape index (κ1) is 17.3. The van der Waals surface area contributed by atoms with E-state index in [0.717, 1.165) is 5.56 Å². The van der Waals surface area contributed by atoms with Crippen LogP contribution in [0.2, 0.25) is 0 Å². The predicted octanol–water partition coefficient (Wildman–Crippen LogP) is 1.35. The van der Waals surface area contributed by atoms with Crippen molar-refractivity contribution in [1.82, 2.24) is 9.88 Å². The summed E-state index contributed by atoms with van der Waals surface area (Å²) >= 11 is 0. The van der Waals surface area contributed by atoms with Crippen molar-refractivity contribution in [3.05, 3.63) is 64.3 Å². The molecule has 2 heterocycles. The zero-order chi connectivity index (χ0) is 17.6. The molecule has 0 radical (unpaired) electrons. The Morgan fingerprint density at radius 2 is 2.12 bits per heavy atom. The Morgan fingerprint density at radius 1 is 1.32 bits per heavy atom. The fourth-order valence-corrected chi connectivity index (χ4v) is 2.72. The number of hydrogen-bond acceptors (Lipinski definition) is 4. The summed E-state index contributed by atoms with van der Waals surface area (Å²) < 4.78 is 19.8. The molecule has 1 aromatic heterocycles. The summed E-state index contributed by atoms with van der Waals surface area (Å²) in [6, 6.07) is 9.19. The number of hydrogen-bond donors (Lipinski definition) is 2. The zero-order valence-corrected chi connectivity index (χ0v) is 13.7. The summed E-state index contributed by atoms with van der Waals surface area (Å²) in [4.78, 5) is 24.6. The number of aromatic nitrogens is 1. The van der Waals surface area contributed by atoms with E-state index < -0.39 is 0 Å². The normalized spacial score (nSPS) is 17.2. The van der Waals surface area contributed by atoms with Crippen LogP contribution in [0.15, 0.2) is 47.4 Å². The highest BCUT2D eigenvalue weighted by atomic mass is 19.1. The number of pyridine rings is 1. The van der Waals surface area contributed by atoms with Crippen LogP contribution >= 0.6 is 0 Å². The first-order chi connectivity index (χ1) is 12.1. The van der Waals surface area contributed by atoms with Crippen LogP contribution in [0.5, 0.6) is 0 Å². The van der Waals surface area contributed by atoms with Crippen molar-refractivity contribution < 1.29 is 13.9 Å². The number of ether oxygens (including phenoxy) is 1. The molecule has 1 aliphatic rings. The topological polar surface area (TPSA) is 72.4 Å². The number of benzene rings is 1. The molecule has 1 atom stereocenters. The van der Waals surface area contributed by atoms with Crippen LogP contribution in [0, 0.1) is 5.82 Å². The van der Waals surface area contributed by atoms with Gasteiger partial charge in [0, 0.05) is 25.2 Å². The van der Waals surface area contributed by atoms with Gasteiger partial charge in [-0.2, -0.15) is 0 Å². The minimum atomic E-state index is -0.322. The monoisotopic (exact) mass is 345 g/mol. The van der Waals surface area contributed by atoms with Crippen molar-refractivity contribution in [3.8, 4) is 0 Å². The summed E-state index contributed by atoms with van der Waals surface area (Å²) in [5.41, 5.74) is 0.731. The highest BCUT2D eigenvalue weighted by Gasteiger charge is 2.17. The number of halogens is 1. The molecule has 132 valence electrons. The minimum absolute atomic E-state index is 0.0427. The van der Waals surface area contributed by atoms with Gasteiger partial charge in [0.05, 0.1) is 19.8 Å². The number of rotatable bonds is 5. The summed E-state index contributed by atoms with van der Waals surface area (Å²) in [7, 11) is 0. The number of morpholine rings is 1. The van der Waals surface area contributed by atoms with Gasteiger partial charge < -0.3 is 19.9 Å². The number of anilines is 1. The number of amides is 1. The van der Waals surface area contributed by atoms with Gasteiger partial charge in [-0.25, -0.2) is 4.39 Å². The Hall–Kier alpha value is -2.51. The molecule has 1 aliphatic heterocycles. The van der Waals surface area contributed by atoms with Crippen LogP contribution in [0.25, 0.3) is 0 Å². The first-order valence-corrected chi connectivity index (χ1v) is 8.17. The van der Waals surface area contributed by atoms with Gasteiger partial charge >= 0.3 is 0 Å². The molecular formula is C18H20FN3O3. The maximum Gasteiger partial charge on any atom is 0.274 e. The van der Waals surface area contributed by atoms with Gasteiger partial charge in [0.2, 0.25) is 5.91 Å². The number of nitrogens with one attached hydrogen (secondary N) is 2. The third-order valence-electron chi connectivity index (χ3n) is 3.99. The lowest BCUT2D eigenvalue weighted by Crippen LogP contribution is -2.43. The molecule has 3 rings (SSSR count). The summed E-state index contributed by atoms with van der Waals surface area (Å²) in [5, 5.41) is 5.86. The Morgan fingerprint density at radius 3 is 2.84 bits per heavy atom. The molecule has 2 aromatic rings. The second kappa shape index (κ2) is 8.04. The Kier molecular flexibility index (Phi) is 5.57. The molecule has 1 aromatic carbocycles. The molecule has 1 amide bonds. The van der Waals surface area contributed by atoms with E-state index in [1.165, 1.54) is 16.7 Å². The SMILES string of the molecule is O=C(CC1COCCN1)Nc1cccn(Cc2ccc(F)cc2)c1=O. The van der Waals surface area contributed by atoms with Crippen LogP contribution in [0.3, 0.4) is 0 Å². The molecule has 0 bridgehead atoms. The summed E-state index contributed by atoms with van der Waals surface area (Å²) in [6.07, 6.45) is 1.88. The molecule has 7 heteroatoms. The standard InChI is InChI=1S/C18H20FN3O3/c19-14-5-3-13(4-6-14)11-22-8-1-2-16(18(22)24)21-17(23)10-15-12-25-9-7-20-15/h1-6,8,15,20H,7,9-12H2,(H,21,23). The Labute approximate surface area is 144 Å². The fraction of sp³-hybridized carbons (Fsp3) is 0.333. The molecule has 1 fully saturated rings. The van der Waals surface area contributed by atoms with E-state index in [4.69, 9.17) is 4.74 Å². The second-order valence-electron chi connectivity index (χ2n) is 5.96. The summed E-state index contributed by atoms with van der Waals surface area (Å²) in [6.45, 7) is 2.15. The Balaban J connectivity index is 1.66.